The number of nitrogens with one attached hydrogen (secondary N) is 1. The van der Waals surface area contributed by atoms with Gasteiger partial charge in [-0.3, -0.25) is 4.79 Å². The van der Waals surface area contributed by atoms with Crippen molar-refractivity contribution in [3.63, 3.8) is 0 Å². The summed E-state index contributed by atoms with van der Waals surface area (Å²) >= 11 is 0. The largest absolute Gasteiger partial charge is 0.497 e. The van der Waals surface area contributed by atoms with Crippen molar-refractivity contribution in [2.24, 2.45) is 5.73 Å². The minimum absolute atomic E-state index is 0.268. The third-order valence-corrected chi connectivity index (χ3v) is 3.30. The molecule has 0 saturated heterocycles. The zero-order valence-corrected chi connectivity index (χ0v) is 12.7. The van der Waals surface area contributed by atoms with E-state index < -0.39 is 6.04 Å². The molecule has 0 saturated carbocycles. The molecule has 3 N–H and O–H groups in total. The summed E-state index contributed by atoms with van der Waals surface area (Å²) in [7, 11) is 3.11. The van der Waals surface area contributed by atoms with Crippen LogP contribution in [0, 0.1) is 0 Å². The molecule has 1 atom stereocenters. The molecule has 2 aromatic carbocycles. The Morgan fingerprint density at radius 1 is 1.14 bits per heavy atom. The molecule has 0 heterocycles. The lowest BCUT2D eigenvalue weighted by Crippen LogP contribution is -2.37. The van der Waals surface area contributed by atoms with Gasteiger partial charge in [0, 0.05) is 6.07 Å². The quantitative estimate of drug-likeness (QED) is 0.858. The van der Waals surface area contributed by atoms with Gasteiger partial charge in [-0.1, -0.05) is 30.3 Å². The molecule has 2 rings (SSSR count). The smallest absolute Gasteiger partial charge is 0.241 e. The summed E-state index contributed by atoms with van der Waals surface area (Å²) in [6, 6.07) is 14.2. The molecule has 1 amide bonds. The molecule has 0 radical (unpaired) electrons. The van der Waals surface area contributed by atoms with Crippen LogP contribution in [-0.2, 0) is 11.2 Å². The Kier molecular flexibility index (Phi) is 5.38. The van der Waals surface area contributed by atoms with Gasteiger partial charge in [-0.15, -0.1) is 0 Å². The third-order valence-electron chi connectivity index (χ3n) is 3.30. The van der Waals surface area contributed by atoms with E-state index in [1.54, 1.807) is 32.4 Å². The molecule has 0 aliphatic heterocycles. The molecule has 0 aliphatic rings. The van der Waals surface area contributed by atoms with Crippen molar-refractivity contribution in [3.8, 4) is 11.5 Å². The van der Waals surface area contributed by atoms with Gasteiger partial charge in [0.25, 0.3) is 0 Å². The average Bonchev–Trinajstić information content (AvgIpc) is 2.55. The van der Waals surface area contributed by atoms with Gasteiger partial charge in [-0.2, -0.15) is 0 Å². The molecular weight excluding hydrogens is 280 g/mol. The van der Waals surface area contributed by atoms with Gasteiger partial charge in [-0.05, 0) is 24.1 Å². The molecule has 0 bridgehead atoms. The molecule has 0 spiro atoms. The fraction of sp³-hybridized carbons (Fsp3) is 0.235. The predicted molar refractivity (Wildman–Crippen MR) is 86.3 cm³/mol. The van der Waals surface area contributed by atoms with E-state index in [1.165, 1.54) is 0 Å². The topological polar surface area (TPSA) is 73.6 Å². The first-order valence-corrected chi connectivity index (χ1v) is 6.96. The Bertz CT molecular complexity index is 629. The van der Waals surface area contributed by atoms with Crippen molar-refractivity contribution < 1.29 is 14.3 Å². The van der Waals surface area contributed by atoms with Crippen LogP contribution in [0.15, 0.2) is 48.5 Å². The van der Waals surface area contributed by atoms with Gasteiger partial charge in [0.1, 0.15) is 11.5 Å². The standard InChI is InChI=1S/C17H20N2O3/c1-21-13-8-9-16(22-2)15(11-13)19-17(20)14(18)10-12-6-4-3-5-7-12/h3-9,11,14H,10,18H2,1-2H3,(H,19,20). The molecule has 5 nitrogen and oxygen atoms in total. The normalized spacial score (nSPS) is 11.6. The van der Waals surface area contributed by atoms with Crippen molar-refractivity contribution in [1.29, 1.82) is 0 Å². The first kappa shape index (κ1) is 15.9. The number of hydrogen-bond acceptors (Lipinski definition) is 4. The number of carbonyl (C=O) groups is 1. The summed E-state index contributed by atoms with van der Waals surface area (Å²) in [4.78, 5) is 12.3. The van der Waals surface area contributed by atoms with Crippen LogP contribution in [0.3, 0.4) is 0 Å². The van der Waals surface area contributed by atoms with E-state index in [4.69, 9.17) is 15.2 Å². The van der Waals surface area contributed by atoms with E-state index >= 15 is 0 Å². The number of ether oxygens (including phenoxy) is 2. The van der Waals surface area contributed by atoms with E-state index in [-0.39, 0.29) is 5.91 Å². The van der Waals surface area contributed by atoms with Gasteiger partial charge in [-0.25, -0.2) is 0 Å². The van der Waals surface area contributed by atoms with Crippen LogP contribution in [0.2, 0.25) is 0 Å². The van der Waals surface area contributed by atoms with E-state index in [0.717, 1.165) is 5.56 Å². The van der Waals surface area contributed by atoms with Crippen LogP contribution in [-0.4, -0.2) is 26.2 Å². The summed E-state index contributed by atoms with van der Waals surface area (Å²) in [5.41, 5.74) is 7.53. The molecule has 0 aliphatic carbocycles. The highest BCUT2D eigenvalue weighted by atomic mass is 16.5. The highest BCUT2D eigenvalue weighted by Crippen LogP contribution is 2.28. The van der Waals surface area contributed by atoms with Crippen LogP contribution in [0.25, 0.3) is 0 Å². The summed E-state index contributed by atoms with van der Waals surface area (Å²) < 4.78 is 10.4. The minimum Gasteiger partial charge on any atom is -0.497 e. The summed E-state index contributed by atoms with van der Waals surface area (Å²) in [5.74, 6) is 0.921. The van der Waals surface area contributed by atoms with Crippen molar-refractivity contribution in [2.75, 3.05) is 19.5 Å². The summed E-state index contributed by atoms with van der Waals surface area (Å²) in [6.45, 7) is 0. The average molecular weight is 300 g/mol. The van der Waals surface area contributed by atoms with Crippen LogP contribution < -0.4 is 20.5 Å². The number of methoxy groups -OCH3 is 2. The molecule has 116 valence electrons. The lowest BCUT2D eigenvalue weighted by Gasteiger charge is -2.15. The van der Waals surface area contributed by atoms with Crippen molar-refractivity contribution in [1.82, 2.24) is 0 Å². The molecule has 1 unspecified atom stereocenters. The highest BCUT2D eigenvalue weighted by Gasteiger charge is 2.16. The van der Waals surface area contributed by atoms with Crippen molar-refractivity contribution in [3.05, 3.63) is 54.1 Å². The fourth-order valence-corrected chi connectivity index (χ4v) is 2.10. The first-order chi connectivity index (χ1) is 10.6. The maximum atomic E-state index is 12.3. The zero-order valence-electron chi connectivity index (χ0n) is 12.7. The van der Waals surface area contributed by atoms with Crippen LogP contribution in [0.1, 0.15) is 5.56 Å². The van der Waals surface area contributed by atoms with Gasteiger partial charge < -0.3 is 20.5 Å². The number of hydrogen-bond donors (Lipinski definition) is 2. The summed E-state index contributed by atoms with van der Waals surface area (Å²) in [5, 5.41) is 2.79. The van der Waals surface area contributed by atoms with Crippen LogP contribution in [0.5, 0.6) is 11.5 Å². The SMILES string of the molecule is COc1ccc(OC)c(NC(=O)C(N)Cc2ccccc2)c1. The van der Waals surface area contributed by atoms with E-state index in [1.807, 2.05) is 30.3 Å². The van der Waals surface area contributed by atoms with E-state index in [0.29, 0.717) is 23.6 Å². The zero-order chi connectivity index (χ0) is 15.9. The molecular formula is C17H20N2O3. The lowest BCUT2D eigenvalue weighted by atomic mass is 10.1. The Morgan fingerprint density at radius 3 is 2.50 bits per heavy atom. The minimum atomic E-state index is -0.640. The summed E-state index contributed by atoms with van der Waals surface area (Å²) in [6.07, 6.45) is 0.471. The van der Waals surface area contributed by atoms with E-state index in [9.17, 15) is 4.79 Å². The Hall–Kier alpha value is -2.53. The second kappa shape index (κ2) is 7.47. The number of nitrogens with two attached hydrogens (primary N) is 1. The second-order valence-corrected chi connectivity index (χ2v) is 4.85. The maximum Gasteiger partial charge on any atom is 0.241 e. The van der Waals surface area contributed by atoms with Gasteiger partial charge in [0.15, 0.2) is 0 Å². The molecule has 0 aromatic heterocycles. The third kappa shape index (κ3) is 3.99. The Morgan fingerprint density at radius 2 is 1.86 bits per heavy atom. The van der Waals surface area contributed by atoms with Crippen molar-refractivity contribution >= 4 is 11.6 Å². The van der Waals surface area contributed by atoms with Crippen molar-refractivity contribution in [2.45, 2.75) is 12.5 Å². The van der Waals surface area contributed by atoms with Gasteiger partial charge >= 0.3 is 0 Å². The highest BCUT2D eigenvalue weighted by molar-refractivity contribution is 5.96. The number of amides is 1. The first-order valence-electron chi connectivity index (χ1n) is 6.96. The molecule has 5 heteroatoms. The molecule has 2 aromatic rings. The fourth-order valence-electron chi connectivity index (χ4n) is 2.10. The number of benzene rings is 2. The predicted octanol–water partition coefficient (Wildman–Crippen LogP) is 2.21. The molecule has 0 fully saturated rings. The maximum absolute atomic E-state index is 12.3. The molecule has 22 heavy (non-hydrogen) atoms. The Balaban J connectivity index is 2.07. The van der Waals surface area contributed by atoms with Gasteiger partial charge in [0.05, 0.1) is 25.9 Å². The number of carbonyl (C=O) groups excluding carboxylic acids is 1. The van der Waals surface area contributed by atoms with E-state index in [2.05, 4.69) is 5.32 Å². The number of rotatable bonds is 6. The lowest BCUT2D eigenvalue weighted by molar-refractivity contribution is -0.117. The monoisotopic (exact) mass is 300 g/mol. The van der Waals surface area contributed by atoms with Crippen LogP contribution in [0.4, 0.5) is 5.69 Å². The second-order valence-electron chi connectivity index (χ2n) is 4.85. The van der Waals surface area contributed by atoms with Crippen LogP contribution >= 0.6 is 0 Å². The number of anilines is 1. The van der Waals surface area contributed by atoms with Gasteiger partial charge in [0.2, 0.25) is 5.91 Å². The Labute approximate surface area is 130 Å².